The van der Waals surface area contributed by atoms with Crippen LogP contribution in [0.5, 0.6) is 0 Å². The van der Waals surface area contributed by atoms with E-state index >= 15 is 0 Å². The quantitative estimate of drug-likeness (QED) is 0.682. The molecule has 0 saturated heterocycles. The van der Waals surface area contributed by atoms with Crippen LogP contribution in [0.4, 0.5) is 0 Å². The second-order valence-electron chi connectivity index (χ2n) is 5.03. The van der Waals surface area contributed by atoms with Crippen molar-refractivity contribution in [3.63, 3.8) is 0 Å². The zero-order valence-electron chi connectivity index (χ0n) is 12.9. The molecule has 6 nitrogen and oxygen atoms in total. The van der Waals surface area contributed by atoms with E-state index in [2.05, 4.69) is 21.6 Å². The summed E-state index contributed by atoms with van der Waals surface area (Å²) in [5, 5.41) is 12.5. The fourth-order valence-corrected chi connectivity index (χ4v) is 3.93. The van der Waals surface area contributed by atoms with Crippen molar-refractivity contribution in [3.05, 3.63) is 29.3 Å². The van der Waals surface area contributed by atoms with Crippen LogP contribution in [0.1, 0.15) is 18.9 Å². The summed E-state index contributed by atoms with van der Waals surface area (Å²) in [5.74, 6) is 0. The third kappa shape index (κ3) is 4.64. The van der Waals surface area contributed by atoms with E-state index < -0.39 is 10.0 Å². The Kier molecular flexibility index (Phi) is 6.13. The summed E-state index contributed by atoms with van der Waals surface area (Å²) >= 11 is 1.68. The number of hydrogen-bond acceptors (Lipinski definition) is 5. The van der Waals surface area contributed by atoms with E-state index in [0.29, 0.717) is 19.6 Å². The smallest absolute Gasteiger partial charge is 0.211 e. The van der Waals surface area contributed by atoms with Gasteiger partial charge in [0.2, 0.25) is 10.0 Å². The minimum Gasteiger partial charge on any atom is -0.312 e. The molecule has 0 radical (unpaired) electrons. The van der Waals surface area contributed by atoms with E-state index in [1.165, 1.54) is 15.4 Å². The van der Waals surface area contributed by atoms with Crippen LogP contribution in [-0.4, -0.2) is 48.8 Å². The molecule has 2 rings (SSSR count). The average molecular weight is 342 g/mol. The Balaban J connectivity index is 1.77. The molecule has 0 bridgehead atoms. The van der Waals surface area contributed by atoms with Crippen LogP contribution in [0.3, 0.4) is 0 Å². The molecule has 0 spiro atoms. The zero-order valence-corrected chi connectivity index (χ0v) is 14.5. The summed E-state index contributed by atoms with van der Waals surface area (Å²) in [5.41, 5.74) is 2.17. The first-order valence-corrected chi connectivity index (χ1v) is 9.97. The van der Waals surface area contributed by atoms with Crippen LogP contribution >= 0.6 is 11.3 Å². The Hall–Kier alpha value is -1.22. The van der Waals surface area contributed by atoms with Crippen LogP contribution < -0.4 is 5.32 Å². The molecule has 0 fully saturated rings. The minimum atomic E-state index is -3.09. The molecule has 0 aliphatic carbocycles. The number of hydrogen-bond donors (Lipinski definition) is 2. The van der Waals surface area contributed by atoms with Crippen LogP contribution in [0, 0.1) is 0 Å². The van der Waals surface area contributed by atoms with Crippen LogP contribution in [0.2, 0.25) is 0 Å². The zero-order chi connectivity index (χ0) is 16.0. The largest absolute Gasteiger partial charge is 0.312 e. The molecule has 8 heteroatoms. The summed E-state index contributed by atoms with van der Waals surface area (Å²) in [6, 6.07) is 4.08. The van der Waals surface area contributed by atoms with Gasteiger partial charge in [-0.3, -0.25) is 5.10 Å². The molecule has 0 aliphatic heterocycles. The van der Waals surface area contributed by atoms with Gasteiger partial charge in [0.15, 0.2) is 0 Å². The van der Waals surface area contributed by atoms with E-state index in [-0.39, 0.29) is 0 Å². The maximum absolute atomic E-state index is 11.5. The maximum Gasteiger partial charge on any atom is 0.211 e. The van der Waals surface area contributed by atoms with Crippen molar-refractivity contribution in [2.45, 2.75) is 19.9 Å². The third-order valence-corrected chi connectivity index (χ3v) is 5.65. The van der Waals surface area contributed by atoms with E-state index in [9.17, 15) is 8.42 Å². The lowest BCUT2D eigenvalue weighted by atomic mass is 10.2. The van der Waals surface area contributed by atoms with Gasteiger partial charge in [0.25, 0.3) is 0 Å². The highest BCUT2D eigenvalue weighted by Gasteiger charge is 2.13. The topological polar surface area (TPSA) is 78.1 Å². The minimum absolute atomic E-state index is 0.517. The SMILES string of the molecule is CCN(CCCNCc1cn[nH]c1-c1cccs1)S(C)(=O)=O. The van der Waals surface area contributed by atoms with Gasteiger partial charge in [-0.1, -0.05) is 13.0 Å². The first-order valence-electron chi connectivity index (χ1n) is 7.24. The first-order chi connectivity index (χ1) is 10.5. The molecule has 0 aliphatic rings. The lowest BCUT2D eigenvalue weighted by Crippen LogP contribution is -2.32. The normalized spacial score (nSPS) is 12.1. The monoisotopic (exact) mass is 342 g/mol. The van der Waals surface area contributed by atoms with Crippen molar-refractivity contribution in [2.75, 3.05) is 25.9 Å². The number of aromatic nitrogens is 2. The summed E-state index contributed by atoms with van der Waals surface area (Å²) < 4.78 is 24.5. The van der Waals surface area contributed by atoms with E-state index in [0.717, 1.165) is 24.2 Å². The number of rotatable bonds is 9. The molecule has 0 atom stereocenters. The van der Waals surface area contributed by atoms with Crippen molar-refractivity contribution >= 4 is 21.4 Å². The Labute approximate surface area is 135 Å². The molecule has 0 aromatic carbocycles. The highest BCUT2D eigenvalue weighted by molar-refractivity contribution is 7.88. The molecular formula is C14H22N4O2S2. The molecule has 2 aromatic rings. The molecule has 0 unspecified atom stereocenters. The Bertz CT molecular complexity index is 665. The van der Waals surface area contributed by atoms with Crippen molar-refractivity contribution in [1.82, 2.24) is 19.8 Å². The predicted molar refractivity (Wildman–Crippen MR) is 90.3 cm³/mol. The van der Waals surface area contributed by atoms with Gasteiger partial charge in [-0.05, 0) is 24.4 Å². The Morgan fingerprint density at radius 2 is 2.27 bits per heavy atom. The average Bonchev–Trinajstić information content (AvgIpc) is 3.11. The van der Waals surface area contributed by atoms with E-state index in [1.807, 2.05) is 24.6 Å². The maximum atomic E-state index is 11.5. The molecule has 22 heavy (non-hydrogen) atoms. The number of thiophene rings is 1. The second-order valence-corrected chi connectivity index (χ2v) is 7.96. The van der Waals surface area contributed by atoms with E-state index in [4.69, 9.17) is 0 Å². The first kappa shape index (κ1) is 17.1. The number of sulfonamides is 1. The van der Waals surface area contributed by atoms with Gasteiger partial charge >= 0.3 is 0 Å². The third-order valence-electron chi connectivity index (χ3n) is 3.38. The van der Waals surface area contributed by atoms with Gasteiger partial charge in [0.05, 0.1) is 23.0 Å². The molecule has 2 heterocycles. The summed E-state index contributed by atoms with van der Waals surface area (Å²) in [6.45, 7) is 4.40. The highest BCUT2D eigenvalue weighted by atomic mass is 32.2. The van der Waals surface area contributed by atoms with Crippen molar-refractivity contribution in [3.8, 4) is 10.6 Å². The van der Waals surface area contributed by atoms with Gasteiger partial charge in [0.1, 0.15) is 0 Å². The molecule has 0 amide bonds. The Morgan fingerprint density at radius 3 is 2.91 bits per heavy atom. The molecular weight excluding hydrogens is 320 g/mol. The molecule has 0 saturated carbocycles. The number of aromatic amines is 1. The number of H-pyrrole nitrogens is 1. The van der Waals surface area contributed by atoms with E-state index in [1.54, 1.807) is 11.3 Å². The fraction of sp³-hybridized carbons (Fsp3) is 0.500. The summed E-state index contributed by atoms with van der Waals surface area (Å²) in [4.78, 5) is 1.17. The van der Waals surface area contributed by atoms with Gasteiger partial charge in [-0.15, -0.1) is 11.3 Å². The predicted octanol–water partition coefficient (Wildman–Crippen LogP) is 1.90. The van der Waals surface area contributed by atoms with Crippen LogP contribution in [-0.2, 0) is 16.6 Å². The summed E-state index contributed by atoms with van der Waals surface area (Å²) in [7, 11) is -3.09. The van der Waals surface area contributed by atoms with Gasteiger partial charge in [-0.2, -0.15) is 5.10 Å². The molecule has 2 aromatic heterocycles. The van der Waals surface area contributed by atoms with Crippen LogP contribution in [0.15, 0.2) is 23.7 Å². The molecule has 2 N–H and O–H groups in total. The van der Waals surface area contributed by atoms with Crippen molar-refractivity contribution < 1.29 is 8.42 Å². The lowest BCUT2D eigenvalue weighted by Gasteiger charge is -2.17. The van der Waals surface area contributed by atoms with Gasteiger partial charge < -0.3 is 5.32 Å². The Morgan fingerprint density at radius 1 is 1.45 bits per heavy atom. The van der Waals surface area contributed by atoms with Gasteiger partial charge in [0, 0.05) is 25.2 Å². The lowest BCUT2D eigenvalue weighted by molar-refractivity contribution is 0.419. The summed E-state index contributed by atoms with van der Waals surface area (Å²) in [6.07, 6.45) is 3.87. The van der Waals surface area contributed by atoms with Crippen molar-refractivity contribution in [2.24, 2.45) is 0 Å². The number of nitrogens with zero attached hydrogens (tertiary/aromatic N) is 2. The standard InChI is InChI=1S/C14H22N4O2S2/c1-3-18(22(2,19)20)8-5-7-15-10-12-11-16-17-14(12)13-6-4-9-21-13/h4,6,9,11,15H,3,5,7-8,10H2,1-2H3,(H,16,17). The molecule has 122 valence electrons. The second kappa shape index (κ2) is 7.87. The highest BCUT2D eigenvalue weighted by Crippen LogP contribution is 2.25. The fourth-order valence-electron chi connectivity index (χ4n) is 2.24. The van der Waals surface area contributed by atoms with Crippen LogP contribution in [0.25, 0.3) is 10.6 Å². The number of nitrogens with one attached hydrogen (secondary N) is 2. The van der Waals surface area contributed by atoms with Crippen molar-refractivity contribution in [1.29, 1.82) is 0 Å². The van der Waals surface area contributed by atoms with Gasteiger partial charge in [-0.25, -0.2) is 12.7 Å².